The van der Waals surface area contributed by atoms with Gasteiger partial charge in [0.25, 0.3) is 0 Å². The van der Waals surface area contributed by atoms with E-state index in [2.05, 4.69) is 47.6 Å². The Labute approximate surface area is 187 Å². The second-order valence-corrected chi connectivity index (χ2v) is 8.01. The van der Waals surface area contributed by atoms with Crippen LogP contribution in [0.3, 0.4) is 0 Å². The molecule has 1 aliphatic rings. The third-order valence-electron chi connectivity index (χ3n) is 5.33. The number of hydrogen-bond acceptors (Lipinski definition) is 7. The van der Waals surface area contributed by atoms with Crippen LogP contribution in [0.5, 0.6) is 0 Å². The van der Waals surface area contributed by atoms with Gasteiger partial charge in [-0.05, 0) is 37.7 Å². The van der Waals surface area contributed by atoms with E-state index in [0.29, 0.717) is 17.5 Å². The maximum Gasteiger partial charge on any atom is 0.156 e. The molecule has 32 heavy (non-hydrogen) atoms. The Bertz CT molecular complexity index is 1040. The van der Waals surface area contributed by atoms with Gasteiger partial charge in [-0.1, -0.05) is 18.2 Å². The number of nitrogens with zero attached hydrogens (tertiary/aromatic N) is 5. The van der Waals surface area contributed by atoms with Crippen molar-refractivity contribution in [1.29, 1.82) is 0 Å². The number of nitrogens with one attached hydrogen (secondary N) is 3. The summed E-state index contributed by atoms with van der Waals surface area (Å²) in [6.45, 7) is 8.06. The number of hydrogen-bond donors (Lipinski definition) is 3. The van der Waals surface area contributed by atoms with Crippen molar-refractivity contribution in [3.63, 3.8) is 0 Å². The van der Waals surface area contributed by atoms with E-state index < -0.39 is 0 Å². The molecule has 1 aromatic carbocycles. The molecule has 1 saturated heterocycles. The van der Waals surface area contributed by atoms with Crippen LogP contribution in [-0.4, -0.2) is 76.3 Å². The third-order valence-corrected chi connectivity index (χ3v) is 5.33. The lowest BCUT2D eigenvalue weighted by Crippen LogP contribution is -2.45. The molecule has 0 unspecified atom stereocenters. The number of rotatable bonds is 8. The molecule has 0 bridgehead atoms. The number of likely N-dealkylation sites (N-methyl/N-ethyl adjacent to an activating group) is 1. The Morgan fingerprint density at radius 1 is 1.00 bits per heavy atom. The molecule has 2 aromatic heterocycles. The first-order valence-electron chi connectivity index (χ1n) is 10.8. The molecule has 3 N–H and O–H groups in total. The SMILES string of the molecule is Cc1cc(Nc2cc(NCCN3CCN(C)CC3)nc(/C=C/c3ccc(F)cc3)n2)n[nH]1. The summed E-state index contributed by atoms with van der Waals surface area (Å²) in [5, 5.41) is 13.8. The van der Waals surface area contributed by atoms with Gasteiger partial charge in [-0.3, -0.25) is 10.00 Å². The third kappa shape index (κ3) is 6.35. The van der Waals surface area contributed by atoms with E-state index in [0.717, 1.165) is 56.3 Å². The topological polar surface area (TPSA) is 85.0 Å². The second kappa shape index (κ2) is 10.3. The van der Waals surface area contributed by atoms with Gasteiger partial charge in [0.05, 0.1) is 0 Å². The minimum absolute atomic E-state index is 0.259. The number of piperazine rings is 1. The summed E-state index contributed by atoms with van der Waals surface area (Å²) in [5.41, 5.74) is 1.84. The van der Waals surface area contributed by atoms with Crippen LogP contribution >= 0.6 is 0 Å². The molecule has 0 saturated carbocycles. The molecule has 0 amide bonds. The van der Waals surface area contributed by atoms with Crippen LogP contribution < -0.4 is 10.6 Å². The zero-order valence-corrected chi connectivity index (χ0v) is 18.5. The number of benzene rings is 1. The highest BCUT2D eigenvalue weighted by Crippen LogP contribution is 2.18. The average Bonchev–Trinajstić information content (AvgIpc) is 3.19. The average molecular weight is 437 g/mol. The van der Waals surface area contributed by atoms with E-state index in [-0.39, 0.29) is 5.82 Å². The van der Waals surface area contributed by atoms with Crippen LogP contribution in [0.4, 0.5) is 21.8 Å². The molecule has 1 fully saturated rings. The van der Waals surface area contributed by atoms with Crippen LogP contribution in [0.1, 0.15) is 17.1 Å². The molecule has 8 nitrogen and oxygen atoms in total. The van der Waals surface area contributed by atoms with E-state index in [1.165, 1.54) is 12.1 Å². The fourth-order valence-corrected chi connectivity index (χ4v) is 3.47. The van der Waals surface area contributed by atoms with E-state index in [9.17, 15) is 4.39 Å². The van der Waals surface area contributed by atoms with Crippen molar-refractivity contribution >= 4 is 29.6 Å². The number of aromatic amines is 1. The predicted molar refractivity (Wildman–Crippen MR) is 126 cm³/mol. The molecule has 168 valence electrons. The highest BCUT2D eigenvalue weighted by Gasteiger charge is 2.13. The molecule has 0 atom stereocenters. The first-order chi connectivity index (χ1) is 15.5. The Balaban J connectivity index is 1.46. The zero-order chi connectivity index (χ0) is 22.3. The van der Waals surface area contributed by atoms with Crippen LogP contribution in [0.25, 0.3) is 12.2 Å². The van der Waals surface area contributed by atoms with Crippen molar-refractivity contribution in [2.45, 2.75) is 6.92 Å². The van der Waals surface area contributed by atoms with Crippen LogP contribution in [0.15, 0.2) is 36.4 Å². The Hall–Kier alpha value is -3.30. The van der Waals surface area contributed by atoms with Gasteiger partial charge in [0, 0.05) is 57.1 Å². The van der Waals surface area contributed by atoms with E-state index in [1.54, 1.807) is 12.1 Å². The molecular weight excluding hydrogens is 407 g/mol. The van der Waals surface area contributed by atoms with Gasteiger partial charge in [-0.2, -0.15) is 5.10 Å². The summed E-state index contributed by atoms with van der Waals surface area (Å²) in [6, 6.07) is 10.1. The molecule has 9 heteroatoms. The summed E-state index contributed by atoms with van der Waals surface area (Å²) in [5.74, 6) is 2.37. The first kappa shape index (κ1) is 21.9. The summed E-state index contributed by atoms with van der Waals surface area (Å²) < 4.78 is 13.2. The van der Waals surface area contributed by atoms with Gasteiger partial charge >= 0.3 is 0 Å². The largest absolute Gasteiger partial charge is 0.369 e. The molecule has 3 aromatic rings. The van der Waals surface area contributed by atoms with Crippen LogP contribution in [0, 0.1) is 12.7 Å². The smallest absolute Gasteiger partial charge is 0.156 e. The lowest BCUT2D eigenvalue weighted by molar-refractivity contribution is 0.158. The number of aryl methyl sites for hydroxylation is 1. The summed E-state index contributed by atoms with van der Waals surface area (Å²) in [6.07, 6.45) is 3.69. The van der Waals surface area contributed by atoms with Crippen molar-refractivity contribution < 1.29 is 4.39 Å². The molecule has 0 radical (unpaired) electrons. The van der Waals surface area contributed by atoms with Crippen molar-refractivity contribution in [1.82, 2.24) is 30.0 Å². The Kier molecular flexibility index (Phi) is 7.08. The number of aromatic nitrogens is 4. The Morgan fingerprint density at radius 3 is 2.47 bits per heavy atom. The van der Waals surface area contributed by atoms with Gasteiger partial charge in [-0.15, -0.1) is 0 Å². The molecule has 4 rings (SSSR count). The monoisotopic (exact) mass is 436 g/mol. The zero-order valence-electron chi connectivity index (χ0n) is 18.5. The van der Waals surface area contributed by atoms with Crippen molar-refractivity contribution in [2.75, 3.05) is 56.9 Å². The van der Waals surface area contributed by atoms with E-state index >= 15 is 0 Å². The number of halogens is 1. The highest BCUT2D eigenvalue weighted by molar-refractivity contribution is 5.68. The normalized spacial score (nSPS) is 15.3. The van der Waals surface area contributed by atoms with Gasteiger partial charge in [0.1, 0.15) is 17.5 Å². The van der Waals surface area contributed by atoms with Crippen molar-refractivity contribution in [3.8, 4) is 0 Å². The second-order valence-electron chi connectivity index (χ2n) is 8.01. The van der Waals surface area contributed by atoms with E-state index in [4.69, 9.17) is 0 Å². The van der Waals surface area contributed by atoms with Gasteiger partial charge < -0.3 is 15.5 Å². The summed E-state index contributed by atoms with van der Waals surface area (Å²) in [7, 11) is 2.16. The lowest BCUT2D eigenvalue weighted by atomic mass is 10.2. The molecule has 1 aliphatic heterocycles. The van der Waals surface area contributed by atoms with Gasteiger partial charge in [0.2, 0.25) is 0 Å². The van der Waals surface area contributed by atoms with Crippen LogP contribution in [-0.2, 0) is 0 Å². The van der Waals surface area contributed by atoms with Gasteiger partial charge in [0.15, 0.2) is 11.6 Å². The maximum atomic E-state index is 13.2. The van der Waals surface area contributed by atoms with Crippen LogP contribution in [0.2, 0.25) is 0 Å². The summed E-state index contributed by atoms with van der Waals surface area (Å²) >= 11 is 0. The fraction of sp³-hybridized carbons (Fsp3) is 0.348. The number of anilines is 3. The van der Waals surface area contributed by atoms with Crippen molar-refractivity contribution in [3.05, 3.63) is 59.3 Å². The number of H-pyrrole nitrogens is 1. The lowest BCUT2D eigenvalue weighted by Gasteiger charge is -2.32. The van der Waals surface area contributed by atoms with Gasteiger partial charge in [-0.25, -0.2) is 14.4 Å². The minimum Gasteiger partial charge on any atom is -0.369 e. The quantitative estimate of drug-likeness (QED) is 0.500. The standard InChI is InChI=1S/C23H29FN8/c1-17-15-23(30-29-17)28-22-16-21(25-9-10-32-13-11-31(2)12-14-32)26-20(27-22)8-5-18-3-6-19(24)7-4-18/h3-8,15-16H,9-14H2,1-2H3,(H3,25,26,27,28,29,30)/b8-5+. The fourth-order valence-electron chi connectivity index (χ4n) is 3.47. The molecule has 3 heterocycles. The summed E-state index contributed by atoms with van der Waals surface area (Å²) in [4.78, 5) is 14.0. The maximum absolute atomic E-state index is 13.2. The predicted octanol–water partition coefficient (Wildman–Crippen LogP) is 3.22. The molecule has 0 aliphatic carbocycles. The Morgan fingerprint density at radius 2 is 1.75 bits per heavy atom. The molecule has 0 spiro atoms. The minimum atomic E-state index is -0.259. The van der Waals surface area contributed by atoms with Crippen molar-refractivity contribution in [2.24, 2.45) is 0 Å². The molecular formula is C23H29FN8. The van der Waals surface area contributed by atoms with E-state index in [1.807, 2.05) is 31.2 Å². The highest BCUT2D eigenvalue weighted by atomic mass is 19.1. The first-order valence-corrected chi connectivity index (χ1v) is 10.8.